The first-order valence-corrected chi connectivity index (χ1v) is 9.42. The number of hydrazone groups is 1. The topological polar surface area (TPSA) is 104 Å². The molecule has 1 N–H and O–H groups in total. The summed E-state index contributed by atoms with van der Waals surface area (Å²) in [6.45, 7) is 5.37. The normalized spacial score (nSPS) is 16.8. The van der Waals surface area contributed by atoms with E-state index in [1.807, 2.05) is 0 Å². The standard InChI is InChI=1S/C20H17Cl2N5O3/c1-4-5-15(22)18(23)27-16(7-6-13(26-27)10-24-29-3)19-25-17-11(2)8-12(21)9-14(17)20(28)30-19/h4-10,16,23H,1H2,2-3H3/b15-5+,23-18?,24-10+. The second kappa shape index (κ2) is 9.06. The lowest BCUT2D eigenvalue weighted by Crippen LogP contribution is -2.33. The zero-order valence-electron chi connectivity index (χ0n) is 16.1. The van der Waals surface area contributed by atoms with E-state index in [2.05, 4.69) is 26.7 Å². The maximum atomic E-state index is 12.6. The predicted molar refractivity (Wildman–Crippen MR) is 119 cm³/mol. The molecule has 0 radical (unpaired) electrons. The summed E-state index contributed by atoms with van der Waals surface area (Å²) in [5.41, 5.74) is 0.971. The van der Waals surface area contributed by atoms with Gasteiger partial charge in [-0.25, -0.2) is 14.8 Å². The molecule has 1 atom stereocenters. The third-order valence-electron chi connectivity index (χ3n) is 4.10. The highest BCUT2D eigenvalue weighted by atomic mass is 35.5. The Balaban J connectivity index is 2.14. The molecule has 154 valence electrons. The lowest BCUT2D eigenvalue weighted by molar-refractivity contribution is 0.216. The zero-order chi connectivity index (χ0) is 21.8. The van der Waals surface area contributed by atoms with Gasteiger partial charge in [-0.1, -0.05) is 41.0 Å². The number of amidine groups is 1. The Morgan fingerprint density at radius 1 is 1.47 bits per heavy atom. The summed E-state index contributed by atoms with van der Waals surface area (Å²) in [6.07, 6.45) is 7.58. The van der Waals surface area contributed by atoms with Gasteiger partial charge in [0, 0.05) is 5.02 Å². The Morgan fingerprint density at radius 2 is 2.23 bits per heavy atom. The Labute approximate surface area is 181 Å². The number of allylic oxidation sites excluding steroid dienone is 3. The number of halogens is 2. The summed E-state index contributed by atoms with van der Waals surface area (Å²) in [6, 6.07) is 2.42. The van der Waals surface area contributed by atoms with Gasteiger partial charge in [0.1, 0.15) is 18.9 Å². The molecular weight excluding hydrogens is 429 g/mol. The molecule has 30 heavy (non-hydrogen) atoms. The van der Waals surface area contributed by atoms with E-state index >= 15 is 0 Å². The molecule has 0 spiro atoms. The number of nitrogens with one attached hydrogen (secondary N) is 1. The number of rotatable bonds is 5. The molecular formula is C20H17Cl2N5O3. The Morgan fingerprint density at radius 3 is 2.93 bits per heavy atom. The van der Waals surface area contributed by atoms with E-state index in [4.69, 9.17) is 33.0 Å². The fraction of sp³-hybridized carbons (Fsp3) is 0.150. The molecule has 1 aliphatic heterocycles. The highest BCUT2D eigenvalue weighted by molar-refractivity contribution is 6.43. The van der Waals surface area contributed by atoms with E-state index in [0.717, 1.165) is 0 Å². The highest BCUT2D eigenvalue weighted by Crippen LogP contribution is 2.28. The number of hydrogen-bond acceptors (Lipinski definition) is 7. The largest absolute Gasteiger partial charge is 0.405 e. The van der Waals surface area contributed by atoms with Crippen LogP contribution in [0.2, 0.25) is 5.02 Å². The van der Waals surface area contributed by atoms with Crippen molar-refractivity contribution < 1.29 is 9.25 Å². The lowest BCUT2D eigenvalue weighted by atomic mass is 10.1. The van der Waals surface area contributed by atoms with Crippen LogP contribution in [-0.2, 0) is 4.84 Å². The molecule has 1 aromatic carbocycles. The van der Waals surface area contributed by atoms with E-state index in [1.165, 1.54) is 36.6 Å². The van der Waals surface area contributed by atoms with Crippen molar-refractivity contribution in [2.45, 2.75) is 13.0 Å². The summed E-state index contributed by atoms with van der Waals surface area (Å²) in [4.78, 5) is 21.8. The van der Waals surface area contributed by atoms with Crippen LogP contribution in [0.15, 0.2) is 67.5 Å². The van der Waals surface area contributed by atoms with Crippen LogP contribution in [-0.4, -0.2) is 34.9 Å². The van der Waals surface area contributed by atoms with Gasteiger partial charge in [0.2, 0.25) is 5.89 Å². The molecule has 0 aliphatic carbocycles. The Bertz CT molecular complexity index is 1200. The fourth-order valence-electron chi connectivity index (χ4n) is 2.78. The SMILES string of the molecule is C=C/C=C(/Cl)C(=N)N1N=C(/C=N/OC)C=CC1c1nc2c(C)cc(Cl)cc2c(=O)o1. The summed E-state index contributed by atoms with van der Waals surface area (Å²) < 4.78 is 5.45. The molecule has 2 heterocycles. The number of fused-ring (bicyclic) bond motifs is 1. The number of aryl methyl sites for hydroxylation is 1. The van der Waals surface area contributed by atoms with Crippen LogP contribution >= 0.6 is 23.2 Å². The molecule has 1 aliphatic rings. The van der Waals surface area contributed by atoms with Crippen LogP contribution in [0, 0.1) is 12.3 Å². The highest BCUT2D eigenvalue weighted by Gasteiger charge is 2.29. The summed E-state index contributed by atoms with van der Waals surface area (Å²) in [5, 5.41) is 18.5. The minimum absolute atomic E-state index is 0.0495. The van der Waals surface area contributed by atoms with Crippen LogP contribution < -0.4 is 5.63 Å². The van der Waals surface area contributed by atoms with Crippen LogP contribution in [0.1, 0.15) is 17.5 Å². The van der Waals surface area contributed by atoms with Gasteiger partial charge >= 0.3 is 5.63 Å². The van der Waals surface area contributed by atoms with E-state index in [0.29, 0.717) is 21.8 Å². The summed E-state index contributed by atoms with van der Waals surface area (Å²) in [7, 11) is 1.40. The molecule has 0 saturated heterocycles. The predicted octanol–water partition coefficient (Wildman–Crippen LogP) is 4.34. The minimum Gasteiger partial charge on any atom is -0.405 e. The first kappa shape index (κ1) is 21.5. The van der Waals surface area contributed by atoms with Crippen molar-refractivity contribution in [1.82, 2.24) is 9.99 Å². The second-order valence-electron chi connectivity index (χ2n) is 6.15. The average Bonchev–Trinajstić information content (AvgIpc) is 2.72. The third-order valence-corrected chi connectivity index (χ3v) is 4.63. The molecule has 0 amide bonds. The maximum Gasteiger partial charge on any atom is 0.346 e. The van der Waals surface area contributed by atoms with Gasteiger partial charge in [0.25, 0.3) is 0 Å². The van der Waals surface area contributed by atoms with Crippen molar-refractivity contribution in [2.75, 3.05) is 7.11 Å². The van der Waals surface area contributed by atoms with E-state index in [9.17, 15) is 4.79 Å². The van der Waals surface area contributed by atoms with Gasteiger partial charge in [-0.15, -0.1) is 0 Å². The van der Waals surface area contributed by atoms with Gasteiger partial charge < -0.3 is 9.25 Å². The van der Waals surface area contributed by atoms with Gasteiger partial charge in [-0.05, 0) is 42.8 Å². The molecule has 1 aromatic heterocycles. The number of nitrogens with zero attached hydrogens (tertiary/aromatic N) is 4. The van der Waals surface area contributed by atoms with E-state index < -0.39 is 11.7 Å². The molecule has 1 unspecified atom stereocenters. The van der Waals surface area contributed by atoms with Crippen molar-refractivity contribution in [3.63, 3.8) is 0 Å². The minimum atomic E-state index is -0.795. The van der Waals surface area contributed by atoms with Crippen LogP contribution in [0.3, 0.4) is 0 Å². The van der Waals surface area contributed by atoms with Crippen molar-refractivity contribution in [3.8, 4) is 0 Å². The van der Waals surface area contributed by atoms with E-state index in [-0.39, 0.29) is 22.1 Å². The van der Waals surface area contributed by atoms with Gasteiger partial charge in [-0.3, -0.25) is 5.41 Å². The second-order valence-corrected chi connectivity index (χ2v) is 6.99. The third kappa shape index (κ3) is 4.34. The molecule has 0 fully saturated rings. The van der Waals surface area contributed by atoms with Gasteiger partial charge in [0.05, 0.1) is 22.1 Å². The quantitative estimate of drug-likeness (QED) is 0.319. The molecule has 2 aromatic rings. The first-order chi connectivity index (χ1) is 14.3. The number of aromatic nitrogens is 1. The van der Waals surface area contributed by atoms with Crippen molar-refractivity contribution in [1.29, 1.82) is 5.41 Å². The number of hydrogen-bond donors (Lipinski definition) is 1. The molecule has 10 heteroatoms. The van der Waals surface area contributed by atoms with Gasteiger partial charge in [-0.2, -0.15) is 5.10 Å². The zero-order valence-corrected chi connectivity index (χ0v) is 17.6. The molecule has 0 saturated carbocycles. The number of benzene rings is 1. The monoisotopic (exact) mass is 445 g/mol. The smallest absolute Gasteiger partial charge is 0.346 e. The molecule has 0 bridgehead atoms. The van der Waals surface area contributed by atoms with Crippen LogP contribution in [0.4, 0.5) is 0 Å². The number of oxime groups is 1. The van der Waals surface area contributed by atoms with E-state index in [1.54, 1.807) is 25.1 Å². The summed E-state index contributed by atoms with van der Waals surface area (Å²) >= 11 is 12.2. The van der Waals surface area contributed by atoms with Crippen molar-refractivity contribution in [3.05, 3.63) is 74.9 Å². The molecule has 8 nitrogen and oxygen atoms in total. The van der Waals surface area contributed by atoms with Crippen molar-refractivity contribution in [2.24, 2.45) is 10.3 Å². The summed E-state index contributed by atoms with van der Waals surface area (Å²) in [5.74, 6) is -0.0971. The fourth-order valence-corrected chi connectivity index (χ4v) is 3.23. The Kier molecular flexibility index (Phi) is 6.49. The van der Waals surface area contributed by atoms with Crippen molar-refractivity contribution >= 4 is 51.9 Å². The van der Waals surface area contributed by atoms with Crippen LogP contribution in [0.25, 0.3) is 10.9 Å². The van der Waals surface area contributed by atoms with Crippen LogP contribution in [0.5, 0.6) is 0 Å². The average molecular weight is 446 g/mol. The first-order valence-electron chi connectivity index (χ1n) is 8.66. The van der Waals surface area contributed by atoms with Gasteiger partial charge in [0.15, 0.2) is 5.84 Å². The maximum absolute atomic E-state index is 12.6. The molecule has 3 rings (SSSR count). The lowest BCUT2D eigenvalue weighted by Gasteiger charge is -2.28. The Hall–Kier alpha value is -3.23.